The number of aliphatic hydroxyl groups is 5. The van der Waals surface area contributed by atoms with Crippen molar-refractivity contribution in [3.63, 3.8) is 0 Å². The molecule has 8 heteroatoms. The predicted molar refractivity (Wildman–Crippen MR) is 36.1 cm³/mol. The van der Waals surface area contributed by atoms with Crippen molar-refractivity contribution in [2.45, 2.75) is 24.4 Å². The summed E-state index contributed by atoms with van der Waals surface area (Å²) >= 11 is 0. The van der Waals surface area contributed by atoms with Crippen molar-refractivity contribution in [2.75, 3.05) is 6.61 Å². The van der Waals surface area contributed by atoms with Crippen molar-refractivity contribution >= 4 is 5.97 Å². The Hall–Kier alpha value is -0.211. The van der Waals surface area contributed by atoms with Crippen LogP contribution in [0, 0.1) is 0 Å². The van der Waals surface area contributed by atoms with Gasteiger partial charge in [-0.05, 0) is 0 Å². The summed E-state index contributed by atoms with van der Waals surface area (Å²) in [5.74, 6) is -1.98. The van der Waals surface area contributed by atoms with Crippen LogP contribution < -0.4 is 5.11 Å². The maximum absolute atomic E-state index is 9.98. The molecule has 7 nitrogen and oxygen atoms in total. The SMILES string of the molecule is O=C([O-])[C@H](O)[C@@H](O)[C@H](O)[C@H](O)CO.[Fe+2]. The van der Waals surface area contributed by atoms with E-state index in [1.165, 1.54) is 0 Å². The normalized spacial score (nSPS) is 18.9. The van der Waals surface area contributed by atoms with Gasteiger partial charge in [0.05, 0.1) is 12.6 Å². The molecule has 0 spiro atoms. The van der Waals surface area contributed by atoms with Crippen LogP contribution >= 0.6 is 0 Å². The van der Waals surface area contributed by atoms with E-state index >= 15 is 0 Å². The molecule has 0 aromatic rings. The van der Waals surface area contributed by atoms with Gasteiger partial charge < -0.3 is 35.4 Å². The number of carbonyl (C=O) groups is 1. The molecule has 0 aliphatic carbocycles. The Morgan fingerprint density at radius 1 is 1.14 bits per heavy atom. The monoisotopic (exact) mass is 251 g/mol. The second kappa shape index (κ2) is 7.13. The van der Waals surface area contributed by atoms with Crippen molar-refractivity contribution in [3.05, 3.63) is 0 Å². The molecule has 0 aliphatic heterocycles. The first-order chi connectivity index (χ1) is 5.91. The van der Waals surface area contributed by atoms with Gasteiger partial charge in [0.25, 0.3) is 0 Å². The minimum Gasteiger partial charge on any atom is -0.547 e. The van der Waals surface area contributed by atoms with Gasteiger partial charge in [-0.2, -0.15) is 0 Å². The molecule has 14 heavy (non-hydrogen) atoms. The first-order valence-electron chi connectivity index (χ1n) is 3.45. The first-order valence-corrected chi connectivity index (χ1v) is 3.45. The number of hydrogen-bond donors (Lipinski definition) is 5. The number of carbonyl (C=O) groups excluding carboxylic acids is 1. The molecule has 4 atom stereocenters. The van der Waals surface area contributed by atoms with Gasteiger partial charge in [-0.25, -0.2) is 0 Å². The molecule has 84 valence electrons. The zero-order valence-corrected chi connectivity index (χ0v) is 8.03. The van der Waals surface area contributed by atoms with E-state index in [-0.39, 0.29) is 17.1 Å². The van der Waals surface area contributed by atoms with E-state index in [1.807, 2.05) is 0 Å². The van der Waals surface area contributed by atoms with Crippen molar-refractivity contribution in [3.8, 4) is 0 Å². The van der Waals surface area contributed by atoms with Gasteiger partial charge in [0.1, 0.15) is 24.4 Å². The summed E-state index contributed by atoms with van der Waals surface area (Å²) in [5.41, 5.74) is 0. The van der Waals surface area contributed by atoms with E-state index in [0.717, 1.165) is 0 Å². The molecule has 0 radical (unpaired) electrons. The zero-order valence-electron chi connectivity index (χ0n) is 6.92. The average molecular weight is 251 g/mol. The third-order valence-electron chi connectivity index (χ3n) is 1.50. The van der Waals surface area contributed by atoms with E-state index in [4.69, 9.17) is 25.5 Å². The van der Waals surface area contributed by atoms with Crippen molar-refractivity contribution in [1.29, 1.82) is 0 Å². The van der Waals surface area contributed by atoms with Gasteiger partial charge in [0.2, 0.25) is 0 Å². The minimum absolute atomic E-state index is 0. The van der Waals surface area contributed by atoms with Crippen LogP contribution in [0.1, 0.15) is 0 Å². The summed E-state index contributed by atoms with van der Waals surface area (Å²) in [5, 5.41) is 53.4. The minimum atomic E-state index is -2.31. The molecule has 0 unspecified atom stereocenters. The summed E-state index contributed by atoms with van der Waals surface area (Å²) in [6, 6.07) is 0. The molecule has 0 amide bonds. The Kier molecular flexibility index (Phi) is 8.27. The second-order valence-corrected chi connectivity index (χ2v) is 2.49. The van der Waals surface area contributed by atoms with Crippen molar-refractivity contribution < 1.29 is 52.5 Å². The molecule has 0 aliphatic rings. The van der Waals surface area contributed by atoms with Crippen molar-refractivity contribution in [2.24, 2.45) is 0 Å². The maximum Gasteiger partial charge on any atom is 2.00 e. The van der Waals surface area contributed by atoms with Gasteiger partial charge in [0, 0.05) is 0 Å². The number of aliphatic carboxylic acids is 1. The van der Waals surface area contributed by atoms with Gasteiger partial charge in [-0.3, -0.25) is 0 Å². The number of carboxylic acid groups (broad SMARTS) is 1. The number of hydrogen-bond acceptors (Lipinski definition) is 7. The maximum atomic E-state index is 9.98. The number of carboxylic acids is 1. The standard InChI is InChI=1S/C6H12O7.Fe/c7-1-2(8)3(9)4(10)5(11)6(12)13;/h2-5,7-11H,1H2,(H,12,13);/q;+2/p-1/t2-,3-,4+,5-;/m1./s1. The molecule has 0 aromatic carbocycles. The third kappa shape index (κ3) is 4.34. The van der Waals surface area contributed by atoms with Gasteiger partial charge >= 0.3 is 17.1 Å². The number of rotatable bonds is 5. The van der Waals surface area contributed by atoms with Gasteiger partial charge in [-0.15, -0.1) is 0 Å². The summed E-state index contributed by atoms with van der Waals surface area (Å²) in [6.45, 7) is -0.863. The predicted octanol–water partition coefficient (Wildman–Crippen LogP) is -4.83. The van der Waals surface area contributed by atoms with Crippen LogP contribution in [0.25, 0.3) is 0 Å². The molecule has 0 fully saturated rings. The van der Waals surface area contributed by atoms with E-state index in [2.05, 4.69) is 0 Å². The van der Waals surface area contributed by atoms with Crippen LogP contribution in [0.4, 0.5) is 0 Å². The summed E-state index contributed by atoms with van der Waals surface area (Å²) in [4.78, 5) is 9.98. The molecule has 0 heterocycles. The van der Waals surface area contributed by atoms with Crippen LogP contribution in [-0.2, 0) is 21.9 Å². The Morgan fingerprint density at radius 3 is 1.86 bits per heavy atom. The largest absolute Gasteiger partial charge is 2.00 e. The van der Waals surface area contributed by atoms with Crippen LogP contribution in [0.3, 0.4) is 0 Å². The Balaban J connectivity index is 0. The molecule has 0 saturated heterocycles. The molecule has 0 rings (SSSR count). The molecule has 5 N–H and O–H groups in total. The molecule has 0 aromatic heterocycles. The Bertz CT molecular complexity index is 176. The van der Waals surface area contributed by atoms with Crippen LogP contribution in [-0.4, -0.2) is 62.5 Å². The fourth-order valence-electron chi connectivity index (χ4n) is 0.662. The van der Waals surface area contributed by atoms with Crippen LogP contribution in [0.15, 0.2) is 0 Å². The molecular formula is C6H11FeO7+. The molecule has 0 bridgehead atoms. The van der Waals surface area contributed by atoms with Crippen molar-refractivity contribution in [1.82, 2.24) is 0 Å². The van der Waals surface area contributed by atoms with Crippen LogP contribution in [0.2, 0.25) is 0 Å². The number of aliphatic hydroxyl groups excluding tert-OH is 5. The smallest absolute Gasteiger partial charge is 0.547 e. The zero-order chi connectivity index (χ0) is 10.6. The van der Waals surface area contributed by atoms with E-state index in [9.17, 15) is 9.90 Å². The first kappa shape index (κ1) is 16.2. The fourth-order valence-corrected chi connectivity index (χ4v) is 0.662. The van der Waals surface area contributed by atoms with E-state index in [0.29, 0.717) is 0 Å². The topological polar surface area (TPSA) is 141 Å². The quantitative estimate of drug-likeness (QED) is 0.308. The van der Waals surface area contributed by atoms with Crippen LogP contribution in [0.5, 0.6) is 0 Å². The fraction of sp³-hybridized carbons (Fsp3) is 0.833. The van der Waals surface area contributed by atoms with E-state index in [1.54, 1.807) is 0 Å². The second-order valence-electron chi connectivity index (χ2n) is 2.49. The third-order valence-corrected chi connectivity index (χ3v) is 1.50. The van der Waals surface area contributed by atoms with Gasteiger partial charge in [-0.1, -0.05) is 0 Å². The Morgan fingerprint density at radius 2 is 1.57 bits per heavy atom. The molecule has 0 saturated carbocycles. The Labute approximate surface area is 90.1 Å². The van der Waals surface area contributed by atoms with Gasteiger partial charge in [0.15, 0.2) is 0 Å². The summed E-state index contributed by atoms with van der Waals surface area (Å²) in [6.07, 6.45) is -8.08. The average Bonchev–Trinajstić information content (AvgIpc) is 2.12. The van der Waals surface area contributed by atoms with E-state index < -0.39 is 37.0 Å². The summed E-state index contributed by atoms with van der Waals surface area (Å²) < 4.78 is 0. The summed E-state index contributed by atoms with van der Waals surface area (Å²) in [7, 11) is 0. The molecular weight excluding hydrogens is 240 g/mol.